The first kappa shape index (κ1) is 23.7. The molecule has 2 aromatic carbocycles. The fourth-order valence-corrected chi connectivity index (χ4v) is 6.02. The van der Waals surface area contributed by atoms with Gasteiger partial charge in [-0.15, -0.1) is 0 Å². The molecule has 4 rings (SSSR count). The van der Waals surface area contributed by atoms with Crippen molar-refractivity contribution in [2.75, 3.05) is 0 Å². The summed E-state index contributed by atoms with van der Waals surface area (Å²) in [7, 11) is 0. The van der Waals surface area contributed by atoms with Crippen LogP contribution in [0.3, 0.4) is 0 Å². The first-order chi connectivity index (χ1) is 15.4. The molecule has 0 amide bonds. The zero-order valence-electron chi connectivity index (χ0n) is 19.0. The van der Waals surface area contributed by atoms with Crippen LogP contribution in [0, 0.1) is 35.2 Å². The van der Waals surface area contributed by atoms with Gasteiger partial charge in [-0.2, -0.15) is 0 Å². The van der Waals surface area contributed by atoms with E-state index in [0.29, 0.717) is 5.92 Å². The zero-order valence-corrected chi connectivity index (χ0v) is 19.7. The Morgan fingerprint density at radius 2 is 1.25 bits per heavy atom. The van der Waals surface area contributed by atoms with Crippen LogP contribution < -0.4 is 0 Å². The Kier molecular flexibility index (Phi) is 7.87. The van der Waals surface area contributed by atoms with E-state index < -0.39 is 22.5 Å². The average Bonchev–Trinajstić information content (AvgIpc) is 2.81. The molecule has 0 radical (unpaired) electrons. The van der Waals surface area contributed by atoms with E-state index in [4.69, 9.17) is 11.6 Å². The van der Waals surface area contributed by atoms with Crippen LogP contribution in [0.4, 0.5) is 13.2 Å². The summed E-state index contributed by atoms with van der Waals surface area (Å²) in [6, 6.07) is 7.29. The third-order valence-electron chi connectivity index (χ3n) is 8.13. The third kappa shape index (κ3) is 5.53. The van der Waals surface area contributed by atoms with Crippen molar-refractivity contribution in [3.8, 4) is 11.1 Å². The van der Waals surface area contributed by atoms with Crippen LogP contribution in [0.1, 0.15) is 89.0 Å². The van der Waals surface area contributed by atoms with Crippen molar-refractivity contribution in [1.82, 2.24) is 0 Å². The minimum absolute atomic E-state index is 0.171. The molecule has 0 aliphatic heterocycles. The highest BCUT2D eigenvalue weighted by Gasteiger charge is 2.25. The Balaban J connectivity index is 1.31. The summed E-state index contributed by atoms with van der Waals surface area (Å²) in [5.41, 5.74) is 1.37. The molecule has 2 aromatic rings. The lowest BCUT2D eigenvalue weighted by atomic mass is 9.74. The van der Waals surface area contributed by atoms with Gasteiger partial charge in [-0.05, 0) is 78.7 Å². The molecule has 2 aliphatic carbocycles. The maximum absolute atomic E-state index is 14.8. The Morgan fingerprint density at radius 1 is 0.719 bits per heavy atom. The molecule has 0 heterocycles. The van der Waals surface area contributed by atoms with Gasteiger partial charge in [0, 0.05) is 5.56 Å². The normalized spacial score (nSPS) is 26.3. The van der Waals surface area contributed by atoms with E-state index in [-0.39, 0.29) is 11.1 Å². The van der Waals surface area contributed by atoms with Crippen LogP contribution in [0.25, 0.3) is 11.1 Å². The van der Waals surface area contributed by atoms with E-state index in [1.54, 1.807) is 12.1 Å². The van der Waals surface area contributed by atoms with Crippen LogP contribution in [-0.2, 0) is 0 Å². The molecule has 0 N–H and O–H groups in total. The summed E-state index contributed by atoms with van der Waals surface area (Å²) in [5.74, 6) is 0.885. The van der Waals surface area contributed by atoms with Gasteiger partial charge in [0.15, 0.2) is 0 Å². The van der Waals surface area contributed by atoms with Crippen molar-refractivity contribution in [2.24, 2.45) is 17.8 Å². The number of benzene rings is 2. The molecular weight excluding hydrogens is 429 g/mol. The average molecular weight is 463 g/mol. The van der Waals surface area contributed by atoms with Gasteiger partial charge in [-0.1, -0.05) is 75.6 Å². The molecule has 4 heteroatoms. The smallest absolute Gasteiger partial charge is 0.145 e. The molecule has 0 spiro atoms. The second kappa shape index (κ2) is 10.6. The lowest BCUT2D eigenvalue weighted by Crippen LogP contribution is -2.17. The van der Waals surface area contributed by atoms with Crippen LogP contribution >= 0.6 is 11.6 Å². The molecule has 2 fully saturated rings. The molecule has 2 aliphatic rings. The van der Waals surface area contributed by atoms with Crippen LogP contribution in [0.2, 0.25) is 5.02 Å². The molecule has 0 bridgehead atoms. The summed E-state index contributed by atoms with van der Waals surface area (Å²) in [5, 5.41) is -0.559. The van der Waals surface area contributed by atoms with E-state index in [1.807, 2.05) is 6.07 Å². The zero-order chi connectivity index (χ0) is 22.7. The monoisotopic (exact) mass is 462 g/mol. The summed E-state index contributed by atoms with van der Waals surface area (Å²) in [4.78, 5) is 0. The topological polar surface area (TPSA) is 0 Å². The Bertz CT molecular complexity index is 886. The van der Waals surface area contributed by atoms with Gasteiger partial charge in [0.1, 0.15) is 22.5 Å². The number of hydrogen-bond acceptors (Lipinski definition) is 0. The van der Waals surface area contributed by atoms with Gasteiger partial charge in [-0.25, -0.2) is 13.2 Å². The number of hydrogen-bond donors (Lipinski definition) is 0. The quantitative estimate of drug-likeness (QED) is 0.375. The first-order valence-corrected chi connectivity index (χ1v) is 12.8. The predicted molar refractivity (Wildman–Crippen MR) is 126 cm³/mol. The van der Waals surface area contributed by atoms with Gasteiger partial charge in [-0.3, -0.25) is 0 Å². The molecule has 32 heavy (non-hydrogen) atoms. The largest absolute Gasteiger partial charge is 0.206 e. The molecule has 0 aromatic heterocycles. The van der Waals surface area contributed by atoms with Crippen LogP contribution in [0.5, 0.6) is 0 Å². The molecular formula is C28H34ClF3. The molecule has 2 saturated carbocycles. The highest BCUT2D eigenvalue weighted by atomic mass is 35.5. The van der Waals surface area contributed by atoms with Crippen molar-refractivity contribution >= 4 is 11.6 Å². The Morgan fingerprint density at radius 3 is 1.78 bits per heavy atom. The molecule has 174 valence electrons. The number of rotatable bonds is 6. The SMILES string of the molecule is CC[C@H]1CC[C@H](CCC2CCC(c3ccc(-c4cc(F)c(Cl)c(F)c4)c(F)c3)CC2)CC1. The second-order valence-corrected chi connectivity index (χ2v) is 10.5. The van der Waals surface area contributed by atoms with E-state index in [1.165, 1.54) is 57.8 Å². The maximum Gasteiger partial charge on any atom is 0.145 e. The Hall–Kier alpha value is -1.48. The van der Waals surface area contributed by atoms with E-state index in [2.05, 4.69) is 6.92 Å². The fourth-order valence-electron chi connectivity index (χ4n) is 5.91. The summed E-state index contributed by atoms with van der Waals surface area (Å²) < 4.78 is 42.4. The fraction of sp³-hybridized carbons (Fsp3) is 0.571. The lowest BCUT2D eigenvalue weighted by molar-refractivity contribution is 0.227. The summed E-state index contributed by atoms with van der Waals surface area (Å²) >= 11 is 5.55. The lowest BCUT2D eigenvalue weighted by Gasteiger charge is -2.32. The summed E-state index contributed by atoms with van der Waals surface area (Å²) in [6.07, 6.45) is 14.4. The van der Waals surface area contributed by atoms with Crippen LogP contribution in [-0.4, -0.2) is 0 Å². The van der Waals surface area contributed by atoms with Gasteiger partial charge < -0.3 is 0 Å². The van der Waals surface area contributed by atoms with Crippen LogP contribution in [0.15, 0.2) is 30.3 Å². The van der Waals surface area contributed by atoms with Gasteiger partial charge in [0.05, 0.1) is 0 Å². The van der Waals surface area contributed by atoms with Gasteiger partial charge in [0.25, 0.3) is 0 Å². The van der Waals surface area contributed by atoms with E-state index in [0.717, 1.165) is 48.3 Å². The van der Waals surface area contributed by atoms with Crippen molar-refractivity contribution in [3.63, 3.8) is 0 Å². The first-order valence-electron chi connectivity index (χ1n) is 12.4. The molecule has 0 atom stereocenters. The van der Waals surface area contributed by atoms with Crippen molar-refractivity contribution in [1.29, 1.82) is 0 Å². The molecule has 0 nitrogen and oxygen atoms in total. The van der Waals surface area contributed by atoms with E-state index >= 15 is 0 Å². The number of halogens is 4. The minimum Gasteiger partial charge on any atom is -0.206 e. The predicted octanol–water partition coefficient (Wildman–Crippen LogP) is 9.69. The molecule has 0 saturated heterocycles. The molecule has 0 unspecified atom stereocenters. The third-order valence-corrected chi connectivity index (χ3v) is 8.49. The van der Waals surface area contributed by atoms with E-state index in [9.17, 15) is 13.2 Å². The van der Waals surface area contributed by atoms with Crippen molar-refractivity contribution in [2.45, 2.75) is 83.5 Å². The highest BCUT2D eigenvalue weighted by Crippen LogP contribution is 2.41. The van der Waals surface area contributed by atoms with Gasteiger partial charge >= 0.3 is 0 Å². The standard InChI is InChI=1S/C28H34ClF3/c1-2-18-3-5-19(6-4-18)7-8-20-9-11-21(12-10-20)22-13-14-24(25(30)15-22)23-16-26(31)28(29)27(32)17-23/h13-21H,2-12H2,1H3/t18-,19-,20?,21?. The second-order valence-electron chi connectivity index (χ2n) is 10.1. The summed E-state index contributed by atoms with van der Waals surface area (Å²) in [6.45, 7) is 2.32. The Labute approximate surface area is 195 Å². The maximum atomic E-state index is 14.8. The van der Waals surface area contributed by atoms with Gasteiger partial charge in [0.2, 0.25) is 0 Å². The highest BCUT2D eigenvalue weighted by molar-refractivity contribution is 6.31. The van der Waals surface area contributed by atoms with Crippen molar-refractivity contribution in [3.05, 3.63) is 58.4 Å². The van der Waals surface area contributed by atoms with Crippen molar-refractivity contribution < 1.29 is 13.2 Å². The minimum atomic E-state index is -0.873.